The number of esters is 1. The summed E-state index contributed by atoms with van der Waals surface area (Å²) in [7, 11) is -2.53. The van der Waals surface area contributed by atoms with Crippen molar-refractivity contribution in [3.05, 3.63) is 58.3 Å². The quantitative estimate of drug-likeness (QED) is 0.623. The van der Waals surface area contributed by atoms with Gasteiger partial charge in [0.05, 0.1) is 15.5 Å². The Labute approximate surface area is 158 Å². The first-order chi connectivity index (χ1) is 12.4. The molecule has 1 aromatic carbocycles. The van der Waals surface area contributed by atoms with Gasteiger partial charge in [0.25, 0.3) is 0 Å². The summed E-state index contributed by atoms with van der Waals surface area (Å²) in [5.41, 5.74) is 0.504. The molecule has 2 aromatic heterocycles. The molecule has 26 heavy (non-hydrogen) atoms. The largest absolute Gasteiger partial charge is 0.455 e. The zero-order valence-corrected chi connectivity index (χ0v) is 15.8. The molecule has 3 aromatic rings. The average molecular weight is 413 g/mol. The van der Waals surface area contributed by atoms with Gasteiger partial charge in [-0.2, -0.15) is 0 Å². The van der Waals surface area contributed by atoms with Gasteiger partial charge in [-0.1, -0.05) is 17.7 Å². The third kappa shape index (κ3) is 3.96. The predicted molar refractivity (Wildman–Crippen MR) is 96.6 cm³/mol. The van der Waals surface area contributed by atoms with E-state index in [0.717, 1.165) is 10.9 Å². The SMILES string of the molecule is CNS(=O)(=O)c1cc(C(=O)OCc2coc(-c3cccs3)n2)ccc1Cl. The van der Waals surface area contributed by atoms with Crippen LogP contribution < -0.4 is 4.72 Å². The van der Waals surface area contributed by atoms with Crippen molar-refractivity contribution in [3.8, 4) is 10.8 Å². The number of rotatable bonds is 6. The lowest BCUT2D eigenvalue weighted by atomic mass is 10.2. The summed E-state index contributed by atoms with van der Waals surface area (Å²) < 4.78 is 36.5. The van der Waals surface area contributed by atoms with Gasteiger partial charge in [-0.3, -0.25) is 0 Å². The lowest BCUT2D eigenvalue weighted by Crippen LogP contribution is -2.19. The molecule has 0 fully saturated rings. The molecule has 0 atom stereocenters. The number of sulfonamides is 1. The highest BCUT2D eigenvalue weighted by Crippen LogP contribution is 2.25. The number of hydrogen-bond acceptors (Lipinski definition) is 7. The van der Waals surface area contributed by atoms with Crippen LogP contribution in [0.1, 0.15) is 16.1 Å². The maximum absolute atomic E-state index is 12.2. The molecule has 10 heteroatoms. The van der Waals surface area contributed by atoms with Crippen LogP contribution in [-0.4, -0.2) is 26.4 Å². The van der Waals surface area contributed by atoms with Crippen LogP contribution in [0.4, 0.5) is 0 Å². The second-order valence-corrected chi connectivity index (χ2v) is 8.26. The fourth-order valence-corrected chi connectivity index (χ4v) is 3.96. The van der Waals surface area contributed by atoms with E-state index in [2.05, 4.69) is 9.71 Å². The van der Waals surface area contributed by atoms with Gasteiger partial charge in [-0.25, -0.2) is 22.9 Å². The predicted octanol–water partition coefficient (Wildman–Crippen LogP) is 3.32. The summed E-state index contributed by atoms with van der Waals surface area (Å²) in [5, 5.41) is 1.91. The fraction of sp³-hybridized carbons (Fsp3) is 0.125. The third-order valence-electron chi connectivity index (χ3n) is 3.36. The molecular weight excluding hydrogens is 400 g/mol. The second kappa shape index (κ2) is 7.58. The first kappa shape index (κ1) is 18.6. The molecular formula is C16H13ClN2O5S2. The lowest BCUT2D eigenvalue weighted by molar-refractivity contribution is 0.0467. The van der Waals surface area contributed by atoms with Crippen molar-refractivity contribution in [1.29, 1.82) is 0 Å². The molecule has 0 unspecified atom stereocenters. The van der Waals surface area contributed by atoms with E-state index < -0.39 is 16.0 Å². The molecule has 0 spiro atoms. The van der Waals surface area contributed by atoms with E-state index in [-0.39, 0.29) is 22.1 Å². The molecule has 0 saturated carbocycles. The van der Waals surface area contributed by atoms with E-state index in [1.54, 1.807) is 0 Å². The van der Waals surface area contributed by atoms with Crippen molar-refractivity contribution in [2.45, 2.75) is 11.5 Å². The van der Waals surface area contributed by atoms with E-state index >= 15 is 0 Å². The molecule has 0 radical (unpaired) electrons. The first-order valence-corrected chi connectivity index (χ1v) is 10.0. The average Bonchev–Trinajstić information content (AvgIpc) is 3.31. The number of thiophene rings is 1. The van der Waals surface area contributed by atoms with E-state index in [9.17, 15) is 13.2 Å². The summed E-state index contributed by atoms with van der Waals surface area (Å²) in [5.74, 6) is -0.255. The van der Waals surface area contributed by atoms with Gasteiger partial charge in [-0.05, 0) is 36.7 Å². The minimum absolute atomic E-state index is 0.00740. The van der Waals surface area contributed by atoms with Crippen molar-refractivity contribution in [2.24, 2.45) is 0 Å². The first-order valence-electron chi connectivity index (χ1n) is 7.29. The highest BCUT2D eigenvalue weighted by atomic mass is 35.5. The third-order valence-corrected chi connectivity index (χ3v) is 6.11. The van der Waals surface area contributed by atoms with Crippen LogP contribution in [0.3, 0.4) is 0 Å². The number of hydrogen-bond donors (Lipinski definition) is 1. The van der Waals surface area contributed by atoms with E-state index in [1.165, 1.54) is 36.8 Å². The number of carbonyl (C=O) groups is 1. The van der Waals surface area contributed by atoms with Gasteiger partial charge >= 0.3 is 5.97 Å². The van der Waals surface area contributed by atoms with Crippen LogP contribution >= 0.6 is 22.9 Å². The topological polar surface area (TPSA) is 98.5 Å². The van der Waals surface area contributed by atoms with Crippen molar-refractivity contribution in [1.82, 2.24) is 9.71 Å². The van der Waals surface area contributed by atoms with Crippen molar-refractivity contribution < 1.29 is 22.4 Å². The van der Waals surface area contributed by atoms with Gasteiger partial charge < -0.3 is 9.15 Å². The molecule has 3 rings (SSSR count). The van der Waals surface area contributed by atoms with Gasteiger partial charge in [0, 0.05) is 0 Å². The maximum atomic E-state index is 12.2. The monoisotopic (exact) mass is 412 g/mol. The summed E-state index contributed by atoms with van der Waals surface area (Å²) in [6, 6.07) is 7.62. The van der Waals surface area contributed by atoms with Crippen LogP contribution in [0.15, 0.2) is 51.3 Å². The Bertz CT molecular complexity index is 1030. The smallest absolute Gasteiger partial charge is 0.338 e. The fourth-order valence-electron chi connectivity index (χ4n) is 2.06. The zero-order valence-electron chi connectivity index (χ0n) is 13.4. The highest BCUT2D eigenvalue weighted by molar-refractivity contribution is 7.89. The number of halogens is 1. The second-order valence-electron chi connectivity index (χ2n) is 5.05. The molecule has 7 nitrogen and oxygen atoms in total. The Morgan fingerprint density at radius 2 is 2.19 bits per heavy atom. The summed E-state index contributed by atoms with van der Waals surface area (Å²) in [6.07, 6.45) is 1.40. The molecule has 2 heterocycles. The van der Waals surface area contributed by atoms with Crippen LogP contribution in [-0.2, 0) is 21.4 Å². The Morgan fingerprint density at radius 1 is 1.38 bits per heavy atom. The Kier molecular flexibility index (Phi) is 5.42. The standard InChI is InChI=1S/C16H13ClN2O5S2/c1-18-26(21,22)14-7-10(4-5-12(14)17)16(20)24-9-11-8-23-15(19-11)13-3-2-6-25-13/h2-8,18H,9H2,1H3. The maximum Gasteiger partial charge on any atom is 0.338 e. The summed E-state index contributed by atoms with van der Waals surface area (Å²) in [4.78, 5) is 17.1. The molecule has 1 N–H and O–H groups in total. The molecule has 0 aliphatic rings. The Hall–Kier alpha value is -2.20. The lowest BCUT2D eigenvalue weighted by Gasteiger charge is -2.08. The Balaban J connectivity index is 1.72. The molecule has 136 valence electrons. The number of carbonyl (C=O) groups excluding carboxylic acids is 1. The van der Waals surface area contributed by atoms with Crippen molar-refractivity contribution in [3.63, 3.8) is 0 Å². The number of benzene rings is 1. The minimum Gasteiger partial charge on any atom is -0.455 e. The number of oxazole rings is 1. The number of aromatic nitrogens is 1. The van der Waals surface area contributed by atoms with Gasteiger partial charge in [0.1, 0.15) is 23.5 Å². The number of nitrogens with one attached hydrogen (secondary N) is 1. The highest BCUT2D eigenvalue weighted by Gasteiger charge is 2.19. The zero-order chi connectivity index (χ0) is 18.7. The molecule has 0 aliphatic carbocycles. The van der Waals surface area contributed by atoms with Crippen molar-refractivity contribution in [2.75, 3.05) is 7.05 Å². The summed E-state index contributed by atoms with van der Waals surface area (Å²) in [6.45, 7) is -0.107. The van der Waals surface area contributed by atoms with Crippen LogP contribution in [0.5, 0.6) is 0 Å². The molecule has 0 bridgehead atoms. The Morgan fingerprint density at radius 3 is 2.88 bits per heavy atom. The van der Waals surface area contributed by atoms with Crippen LogP contribution in [0.25, 0.3) is 10.8 Å². The molecule has 0 saturated heterocycles. The van der Waals surface area contributed by atoms with Gasteiger partial charge in [0.15, 0.2) is 0 Å². The van der Waals surface area contributed by atoms with Gasteiger partial charge in [0.2, 0.25) is 15.9 Å². The number of nitrogens with zero attached hydrogens (tertiary/aromatic N) is 1. The molecule has 0 amide bonds. The molecule has 0 aliphatic heterocycles. The van der Waals surface area contributed by atoms with Crippen LogP contribution in [0.2, 0.25) is 5.02 Å². The normalized spacial score (nSPS) is 11.5. The van der Waals surface area contributed by atoms with E-state index in [1.807, 2.05) is 17.5 Å². The van der Waals surface area contributed by atoms with E-state index in [0.29, 0.717) is 11.6 Å². The van der Waals surface area contributed by atoms with Gasteiger partial charge in [-0.15, -0.1) is 11.3 Å². The summed E-state index contributed by atoms with van der Waals surface area (Å²) >= 11 is 7.37. The minimum atomic E-state index is -3.79. The van der Waals surface area contributed by atoms with Crippen molar-refractivity contribution >= 4 is 38.9 Å². The van der Waals surface area contributed by atoms with E-state index in [4.69, 9.17) is 20.8 Å². The number of ether oxygens (including phenoxy) is 1. The van der Waals surface area contributed by atoms with Crippen LogP contribution in [0, 0.1) is 0 Å².